The maximum atomic E-state index is 12.6. The molecule has 1 aromatic heterocycles. The summed E-state index contributed by atoms with van der Waals surface area (Å²) in [6.07, 6.45) is -3.54. The largest absolute Gasteiger partial charge is 0.417 e. The van der Waals surface area contributed by atoms with Crippen LogP contribution in [0.3, 0.4) is 0 Å². The Kier molecular flexibility index (Phi) is 4.26. The lowest BCUT2D eigenvalue weighted by Gasteiger charge is -2.26. The van der Waals surface area contributed by atoms with Gasteiger partial charge in [-0.05, 0) is 6.07 Å². The standard InChI is InChI=1S/C12H15F3N2O2/c13-12(14,15)10-1-2-11(18)17(9-10)4-3-16-5-7-19-8-6-16/h1-2,9H,3-8H2. The summed E-state index contributed by atoms with van der Waals surface area (Å²) in [7, 11) is 0. The summed E-state index contributed by atoms with van der Waals surface area (Å²) in [6, 6.07) is 1.77. The molecule has 0 radical (unpaired) electrons. The van der Waals surface area contributed by atoms with E-state index in [-0.39, 0.29) is 6.54 Å². The third kappa shape index (κ3) is 3.81. The van der Waals surface area contributed by atoms with E-state index in [9.17, 15) is 18.0 Å². The first-order valence-corrected chi connectivity index (χ1v) is 6.04. The van der Waals surface area contributed by atoms with Crippen LogP contribution in [-0.2, 0) is 17.5 Å². The fourth-order valence-electron chi connectivity index (χ4n) is 1.95. The van der Waals surface area contributed by atoms with Gasteiger partial charge in [0.05, 0.1) is 18.8 Å². The van der Waals surface area contributed by atoms with Crippen LogP contribution in [0.2, 0.25) is 0 Å². The summed E-state index contributed by atoms with van der Waals surface area (Å²) >= 11 is 0. The number of ether oxygens (including phenoxy) is 1. The van der Waals surface area contributed by atoms with Crippen LogP contribution in [0.4, 0.5) is 13.2 Å². The number of alkyl halides is 3. The number of hydrogen-bond acceptors (Lipinski definition) is 3. The number of morpholine rings is 1. The molecule has 1 aromatic rings. The topological polar surface area (TPSA) is 34.5 Å². The number of rotatable bonds is 3. The molecule has 0 aliphatic carbocycles. The Labute approximate surface area is 108 Å². The number of nitrogens with zero attached hydrogens (tertiary/aromatic N) is 2. The second-order valence-corrected chi connectivity index (χ2v) is 4.40. The van der Waals surface area contributed by atoms with E-state index in [1.54, 1.807) is 0 Å². The van der Waals surface area contributed by atoms with Crippen molar-refractivity contribution in [2.45, 2.75) is 12.7 Å². The van der Waals surface area contributed by atoms with E-state index in [1.165, 1.54) is 0 Å². The van der Waals surface area contributed by atoms with E-state index >= 15 is 0 Å². The van der Waals surface area contributed by atoms with Crippen molar-refractivity contribution in [2.24, 2.45) is 0 Å². The molecule has 106 valence electrons. The Morgan fingerprint density at radius 1 is 1.16 bits per heavy atom. The van der Waals surface area contributed by atoms with E-state index < -0.39 is 17.3 Å². The maximum absolute atomic E-state index is 12.6. The summed E-state index contributed by atoms with van der Waals surface area (Å²) in [6.45, 7) is 3.53. The van der Waals surface area contributed by atoms with Crippen LogP contribution < -0.4 is 5.56 Å². The van der Waals surface area contributed by atoms with E-state index in [0.29, 0.717) is 19.8 Å². The minimum absolute atomic E-state index is 0.253. The maximum Gasteiger partial charge on any atom is 0.417 e. The predicted molar refractivity (Wildman–Crippen MR) is 63.0 cm³/mol. The Morgan fingerprint density at radius 3 is 2.47 bits per heavy atom. The molecule has 7 heteroatoms. The molecule has 1 aliphatic rings. The van der Waals surface area contributed by atoms with Crippen molar-refractivity contribution >= 4 is 0 Å². The zero-order valence-corrected chi connectivity index (χ0v) is 10.3. The summed E-state index contributed by atoms with van der Waals surface area (Å²) in [5.41, 5.74) is -1.21. The first-order chi connectivity index (χ1) is 8.97. The Morgan fingerprint density at radius 2 is 1.84 bits per heavy atom. The van der Waals surface area contributed by atoms with Crippen LogP contribution in [0.5, 0.6) is 0 Å². The molecule has 0 aromatic carbocycles. The monoisotopic (exact) mass is 276 g/mol. The molecule has 1 fully saturated rings. The number of pyridine rings is 1. The van der Waals surface area contributed by atoms with Gasteiger partial charge in [0.25, 0.3) is 5.56 Å². The fraction of sp³-hybridized carbons (Fsp3) is 0.583. The second kappa shape index (κ2) is 5.75. The number of hydrogen-bond donors (Lipinski definition) is 0. The van der Waals surface area contributed by atoms with E-state index in [0.717, 1.165) is 36.0 Å². The van der Waals surface area contributed by atoms with Gasteiger partial charge in [0.1, 0.15) is 0 Å². The molecule has 0 amide bonds. The molecule has 1 saturated heterocycles. The quantitative estimate of drug-likeness (QED) is 0.832. The molecular formula is C12H15F3N2O2. The van der Waals surface area contributed by atoms with Crippen LogP contribution in [0.1, 0.15) is 5.56 Å². The molecule has 1 aliphatic heterocycles. The van der Waals surface area contributed by atoms with E-state index in [2.05, 4.69) is 4.90 Å². The van der Waals surface area contributed by atoms with Gasteiger partial charge < -0.3 is 9.30 Å². The van der Waals surface area contributed by atoms with Crippen molar-refractivity contribution in [1.82, 2.24) is 9.47 Å². The van der Waals surface area contributed by atoms with Crippen LogP contribution in [0, 0.1) is 0 Å². The van der Waals surface area contributed by atoms with Gasteiger partial charge in [-0.3, -0.25) is 9.69 Å². The first-order valence-electron chi connectivity index (χ1n) is 6.04. The van der Waals surface area contributed by atoms with Gasteiger partial charge in [-0.15, -0.1) is 0 Å². The lowest BCUT2D eigenvalue weighted by atomic mass is 10.2. The lowest BCUT2D eigenvalue weighted by molar-refractivity contribution is -0.138. The van der Waals surface area contributed by atoms with Gasteiger partial charge in [-0.25, -0.2) is 0 Å². The molecule has 2 heterocycles. The first kappa shape index (κ1) is 14.1. The highest BCUT2D eigenvalue weighted by Gasteiger charge is 2.31. The summed E-state index contributed by atoms with van der Waals surface area (Å²) in [5, 5.41) is 0. The number of halogens is 3. The zero-order valence-electron chi connectivity index (χ0n) is 10.3. The highest BCUT2D eigenvalue weighted by Crippen LogP contribution is 2.27. The third-order valence-electron chi connectivity index (χ3n) is 3.07. The van der Waals surface area contributed by atoms with Gasteiger partial charge in [-0.2, -0.15) is 13.2 Å². The van der Waals surface area contributed by atoms with Crippen molar-refractivity contribution in [3.63, 3.8) is 0 Å². The Balaban J connectivity index is 2.04. The molecule has 0 N–H and O–H groups in total. The lowest BCUT2D eigenvalue weighted by Crippen LogP contribution is -2.39. The van der Waals surface area contributed by atoms with Crippen molar-refractivity contribution in [3.8, 4) is 0 Å². The van der Waals surface area contributed by atoms with E-state index in [1.807, 2.05) is 0 Å². The SMILES string of the molecule is O=c1ccc(C(F)(F)F)cn1CCN1CCOCC1. The van der Waals surface area contributed by atoms with Gasteiger partial charge in [0, 0.05) is 38.4 Å². The van der Waals surface area contributed by atoms with Crippen LogP contribution >= 0.6 is 0 Å². The molecule has 0 bridgehead atoms. The second-order valence-electron chi connectivity index (χ2n) is 4.40. The fourth-order valence-corrected chi connectivity index (χ4v) is 1.95. The summed E-state index contributed by atoms with van der Waals surface area (Å²) < 4.78 is 43.9. The van der Waals surface area contributed by atoms with Crippen molar-refractivity contribution in [3.05, 3.63) is 34.2 Å². The zero-order chi connectivity index (χ0) is 13.9. The molecular weight excluding hydrogens is 261 g/mol. The van der Waals surface area contributed by atoms with Gasteiger partial charge >= 0.3 is 6.18 Å². The summed E-state index contributed by atoms with van der Waals surface area (Å²) in [4.78, 5) is 13.6. The van der Waals surface area contributed by atoms with Gasteiger partial charge in [0.2, 0.25) is 0 Å². The van der Waals surface area contributed by atoms with Crippen LogP contribution in [0.15, 0.2) is 23.1 Å². The van der Waals surface area contributed by atoms with E-state index in [4.69, 9.17) is 4.74 Å². The van der Waals surface area contributed by atoms with Crippen LogP contribution in [-0.4, -0.2) is 42.3 Å². The molecule has 19 heavy (non-hydrogen) atoms. The highest BCUT2D eigenvalue weighted by molar-refractivity contribution is 5.13. The average Bonchev–Trinajstić information content (AvgIpc) is 2.37. The molecule has 0 saturated carbocycles. The predicted octanol–water partition coefficient (Wildman–Crippen LogP) is 1.20. The summed E-state index contributed by atoms with van der Waals surface area (Å²) in [5.74, 6) is 0. The van der Waals surface area contributed by atoms with Gasteiger partial charge in [0.15, 0.2) is 0 Å². The average molecular weight is 276 g/mol. The minimum atomic E-state index is -4.42. The molecule has 0 atom stereocenters. The van der Waals surface area contributed by atoms with Crippen molar-refractivity contribution in [2.75, 3.05) is 32.8 Å². The van der Waals surface area contributed by atoms with Crippen molar-refractivity contribution < 1.29 is 17.9 Å². The normalized spacial score (nSPS) is 17.6. The smallest absolute Gasteiger partial charge is 0.379 e. The molecule has 2 rings (SSSR count). The minimum Gasteiger partial charge on any atom is -0.379 e. The van der Waals surface area contributed by atoms with Crippen LogP contribution in [0.25, 0.3) is 0 Å². The van der Waals surface area contributed by atoms with Crippen molar-refractivity contribution in [1.29, 1.82) is 0 Å². The van der Waals surface area contributed by atoms with Gasteiger partial charge in [-0.1, -0.05) is 0 Å². The third-order valence-corrected chi connectivity index (χ3v) is 3.07. The molecule has 4 nitrogen and oxygen atoms in total. The molecule has 0 unspecified atom stereocenters. The number of aromatic nitrogens is 1. The highest BCUT2D eigenvalue weighted by atomic mass is 19.4. The Bertz CT molecular complexity index is 479. The Hall–Kier alpha value is -1.34. The molecule has 0 spiro atoms.